The topological polar surface area (TPSA) is 83.7 Å². The van der Waals surface area contributed by atoms with Crippen molar-refractivity contribution in [2.75, 3.05) is 7.11 Å². The number of nitrogens with zero attached hydrogens (tertiary/aromatic N) is 3. The third kappa shape index (κ3) is 2.66. The van der Waals surface area contributed by atoms with E-state index in [0.717, 1.165) is 22.3 Å². The fraction of sp³-hybridized carbons (Fsp3) is 0.0952. The zero-order valence-electron chi connectivity index (χ0n) is 14.9. The third-order valence-corrected chi connectivity index (χ3v) is 4.51. The number of aromatic amines is 1. The number of hydrogen-bond acceptors (Lipinski definition) is 4. The van der Waals surface area contributed by atoms with Crippen LogP contribution < -0.4 is 10.3 Å². The maximum atomic E-state index is 12.6. The van der Waals surface area contributed by atoms with Crippen molar-refractivity contribution >= 4 is 11.0 Å². The lowest BCUT2D eigenvalue weighted by Gasteiger charge is -2.09. The molecule has 0 aliphatic heterocycles. The largest absolute Gasteiger partial charge is 0.497 e. The maximum Gasteiger partial charge on any atom is 0.268 e. The zero-order valence-corrected chi connectivity index (χ0v) is 14.9. The molecule has 27 heavy (non-hydrogen) atoms. The van der Waals surface area contributed by atoms with Crippen molar-refractivity contribution in [3.63, 3.8) is 0 Å². The van der Waals surface area contributed by atoms with Gasteiger partial charge in [-0.2, -0.15) is 10.4 Å². The highest BCUT2D eigenvalue weighted by Crippen LogP contribution is 2.33. The summed E-state index contributed by atoms with van der Waals surface area (Å²) in [7, 11) is 1.59. The van der Waals surface area contributed by atoms with Crippen LogP contribution in [-0.4, -0.2) is 21.9 Å². The average Bonchev–Trinajstić information content (AvgIpc) is 3.03. The highest BCUT2D eigenvalue weighted by Gasteiger charge is 2.20. The van der Waals surface area contributed by atoms with E-state index in [4.69, 9.17) is 4.74 Å². The number of pyridine rings is 1. The normalized spacial score (nSPS) is 10.7. The summed E-state index contributed by atoms with van der Waals surface area (Å²) < 4.78 is 6.90. The van der Waals surface area contributed by atoms with Gasteiger partial charge in [-0.3, -0.25) is 4.79 Å². The summed E-state index contributed by atoms with van der Waals surface area (Å²) in [5.74, 6) is 0.704. The Morgan fingerprint density at radius 2 is 1.81 bits per heavy atom. The van der Waals surface area contributed by atoms with E-state index in [0.29, 0.717) is 17.0 Å². The number of fused-ring (bicyclic) bond motifs is 1. The highest BCUT2D eigenvalue weighted by molar-refractivity contribution is 5.98. The number of rotatable bonds is 3. The van der Waals surface area contributed by atoms with Crippen molar-refractivity contribution in [2.45, 2.75) is 6.92 Å². The number of benzene rings is 2. The van der Waals surface area contributed by atoms with E-state index in [1.165, 1.54) is 0 Å². The lowest BCUT2D eigenvalue weighted by Crippen LogP contribution is -2.13. The van der Waals surface area contributed by atoms with Crippen LogP contribution in [0.1, 0.15) is 11.3 Å². The number of ether oxygens (including phenoxy) is 1. The molecule has 4 rings (SSSR count). The Kier molecular flexibility index (Phi) is 3.98. The fourth-order valence-electron chi connectivity index (χ4n) is 3.26. The van der Waals surface area contributed by atoms with Gasteiger partial charge in [0.25, 0.3) is 5.56 Å². The van der Waals surface area contributed by atoms with Crippen molar-refractivity contribution < 1.29 is 4.74 Å². The van der Waals surface area contributed by atoms with Crippen molar-refractivity contribution in [3.8, 4) is 28.6 Å². The molecule has 0 aliphatic carbocycles. The van der Waals surface area contributed by atoms with E-state index in [1.54, 1.807) is 23.9 Å². The second kappa shape index (κ2) is 6.46. The molecular weight excluding hydrogens is 340 g/mol. The number of aryl methyl sites for hydroxylation is 1. The Morgan fingerprint density at radius 1 is 1.11 bits per heavy atom. The summed E-state index contributed by atoms with van der Waals surface area (Å²) in [5, 5.41) is 15.0. The molecule has 0 aliphatic rings. The van der Waals surface area contributed by atoms with Gasteiger partial charge in [-0.1, -0.05) is 30.3 Å². The molecule has 2 aromatic carbocycles. The molecule has 0 bridgehead atoms. The summed E-state index contributed by atoms with van der Waals surface area (Å²) in [6.07, 6.45) is 0. The lowest BCUT2D eigenvalue weighted by atomic mass is 9.97. The smallest absolute Gasteiger partial charge is 0.268 e. The number of aromatic nitrogens is 3. The molecule has 6 nitrogen and oxygen atoms in total. The van der Waals surface area contributed by atoms with Gasteiger partial charge in [-0.05, 0) is 36.8 Å². The van der Waals surface area contributed by atoms with Gasteiger partial charge < -0.3 is 9.72 Å². The number of hydrogen-bond donors (Lipinski definition) is 1. The zero-order chi connectivity index (χ0) is 19.0. The molecule has 2 aromatic heterocycles. The maximum absolute atomic E-state index is 12.6. The first-order valence-corrected chi connectivity index (χ1v) is 8.39. The minimum absolute atomic E-state index is 0.0726. The van der Waals surface area contributed by atoms with Gasteiger partial charge in [-0.15, -0.1) is 0 Å². The van der Waals surface area contributed by atoms with Crippen LogP contribution >= 0.6 is 0 Å². The van der Waals surface area contributed by atoms with Crippen LogP contribution in [0.5, 0.6) is 5.75 Å². The van der Waals surface area contributed by atoms with E-state index in [9.17, 15) is 10.1 Å². The van der Waals surface area contributed by atoms with Gasteiger partial charge in [0.15, 0.2) is 0 Å². The van der Waals surface area contributed by atoms with Gasteiger partial charge in [0, 0.05) is 10.9 Å². The van der Waals surface area contributed by atoms with Gasteiger partial charge in [-0.25, -0.2) is 4.68 Å². The molecule has 2 heterocycles. The monoisotopic (exact) mass is 356 g/mol. The minimum Gasteiger partial charge on any atom is -0.497 e. The van der Waals surface area contributed by atoms with Crippen LogP contribution in [-0.2, 0) is 0 Å². The molecule has 0 saturated carbocycles. The molecule has 0 amide bonds. The molecule has 0 fully saturated rings. The summed E-state index contributed by atoms with van der Waals surface area (Å²) in [6.45, 7) is 1.87. The number of nitriles is 1. The van der Waals surface area contributed by atoms with Crippen molar-refractivity contribution in [1.29, 1.82) is 5.26 Å². The molecule has 1 N–H and O–H groups in total. The van der Waals surface area contributed by atoms with Crippen molar-refractivity contribution in [1.82, 2.24) is 14.8 Å². The predicted molar refractivity (Wildman–Crippen MR) is 103 cm³/mol. The first-order valence-electron chi connectivity index (χ1n) is 8.39. The van der Waals surface area contributed by atoms with Crippen LogP contribution in [0, 0.1) is 18.3 Å². The summed E-state index contributed by atoms with van der Waals surface area (Å²) in [6, 6.07) is 18.9. The first kappa shape index (κ1) is 16.6. The third-order valence-electron chi connectivity index (χ3n) is 4.51. The molecule has 132 valence electrons. The molecule has 0 spiro atoms. The second-order valence-electron chi connectivity index (χ2n) is 6.10. The van der Waals surface area contributed by atoms with E-state index in [1.807, 2.05) is 55.5 Å². The number of methoxy groups -OCH3 is 1. The van der Waals surface area contributed by atoms with Gasteiger partial charge in [0.1, 0.15) is 23.0 Å². The summed E-state index contributed by atoms with van der Waals surface area (Å²) in [4.78, 5) is 15.5. The minimum atomic E-state index is -0.437. The second-order valence-corrected chi connectivity index (χ2v) is 6.10. The number of H-pyrrole nitrogens is 1. The molecular formula is C21H16N4O2. The molecule has 0 radical (unpaired) electrons. The highest BCUT2D eigenvalue weighted by atomic mass is 16.5. The number of nitrogens with one attached hydrogen (secondary N) is 1. The molecule has 4 aromatic rings. The Balaban J connectivity index is 2.09. The fourth-order valence-corrected chi connectivity index (χ4v) is 3.26. The van der Waals surface area contributed by atoms with Crippen molar-refractivity contribution in [2.24, 2.45) is 0 Å². The Morgan fingerprint density at radius 3 is 2.44 bits per heavy atom. The van der Waals surface area contributed by atoms with E-state index < -0.39 is 5.56 Å². The quantitative estimate of drug-likeness (QED) is 0.608. The van der Waals surface area contributed by atoms with Crippen LogP contribution in [0.4, 0.5) is 0 Å². The van der Waals surface area contributed by atoms with Crippen LogP contribution in [0.15, 0.2) is 59.4 Å². The standard InChI is InChI=1S/C21H16N4O2/c1-13-18-19(14-8-10-16(27-2)11-9-14)17(12-22)21(26)23-20(18)25(24-13)15-6-4-3-5-7-15/h3-11H,1-2H3,(H,23,26). The Hall–Kier alpha value is -3.85. The lowest BCUT2D eigenvalue weighted by molar-refractivity contribution is 0.415. The summed E-state index contributed by atoms with van der Waals surface area (Å²) >= 11 is 0. The molecule has 0 saturated heterocycles. The average molecular weight is 356 g/mol. The molecule has 6 heteroatoms. The van der Waals surface area contributed by atoms with Gasteiger partial charge >= 0.3 is 0 Å². The van der Waals surface area contributed by atoms with Crippen LogP contribution in [0.3, 0.4) is 0 Å². The van der Waals surface area contributed by atoms with E-state index in [2.05, 4.69) is 10.1 Å². The number of para-hydroxylation sites is 1. The SMILES string of the molecule is COc1ccc(-c2c(C#N)c(=O)[nH]c3c2c(C)nn3-c2ccccc2)cc1. The first-order chi connectivity index (χ1) is 13.1. The van der Waals surface area contributed by atoms with Gasteiger partial charge in [0.05, 0.1) is 18.5 Å². The molecule has 0 atom stereocenters. The summed E-state index contributed by atoms with van der Waals surface area (Å²) in [5.41, 5.74) is 3.10. The van der Waals surface area contributed by atoms with Crippen molar-refractivity contribution in [3.05, 3.63) is 76.2 Å². The predicted octanol–water partition coefficient (Wildman–Crippen LogP) is 3.57. The van der Waals surface area contributed by atoms with E-state index >= 15 is 0 Å². The Bertz CT molecular complexity index is 1230. The van der Waals surface area contributed by atoms with E-state index in [-0.39, 0.29) is 5.56 Å². The Labute approximate surface area is 155 Å². The molecule has 0 unspecified atom stereocenters. The van der Waals surface area contributed by atoms with Gasteiger partial charge in [0.2, 0.25) is 0 Å². The van der Waals surface area contributed by atoms with Crippen LogP contribution in [0.2, 0.25) is 0 Å². The van der Waals surface area contributed by atoms with Crippen LogP contribution in [0.25, 0.3) is 27.8 Å².